The number of pyridine rings is 1. The molecule has 39 heavy (non-hydrogen) atoms. The second-order valence-corrected chi connectivity index (χ2v) is 9.00. The Labute approximate surface area is 223 Å². The first-order chi connectivity index (χ1) is 18.6. The number of rotatable bonds is 9. The van der Waals surface area contributed by atoms with Crippen molar-refractivity contribution < 1.29 is 39.2 Å². The smallest absolute Gasteiger partial charge is 0.336 e. The Balaban J connectivity index is 1.76. The molecule has 0 aliphatic carbocycles. The summed E-state index contributed by atoms with van der Waals surface area (Å²) in [6.07, 6.45) is 0.0130. The number of furan rings is 1. The number of carbonyl (C=O) groups is 2. The molecule has 10 heteroatoms. The summed E-state index contributed by atoms with van der Waals surface area (Å²) in [6.45, 7) is 1.84. The van der Waals surface area contributed by atoms with E-state index in [2.05, 4.69) is 0 Å². The van der Waals surface area contributed by atoms with E-state index >= 15 is 0 Å². The molecule has 4 aromatic rings. The highest BCUT2D eigenvalue weighted by Crippen LogP contribution is 2.36. The van der Waals surface area contributed by atoms with E-state index in [1.807, 2.05) is 0 Å². The lowest BCUT2D eigenvalue weighted by molar-refractivity contribution is -0.140. The minimum atomic E-state index is -1.14. The van der Waals surface area contributed by atoms with E-state index in [0.717, 1.165) is 0 Å². The third-order valence-electron chi connectivity index (χ3n) is 6.53. The predicted molar refractivity (Wildman–Crippen MR) is 140 cm³/mol. The van der Waals surface area contributed by atoms with Gasteiger partial charge in [-0.2, -0.15) is 0 Å². The molecule has 2 aromatic carbocycles. The van der Waals surface area contributed by atoms with Crippen LogP contribution in [0.2, 0.25) is 0 Å². The van der Waals surface area contributed by atoms with Crippen LogP contribution in [0.1, 0.15) is 45.3 Å². The molecule has 0 unspecified atom stereocenters. The first-order valence-electron chi connectivity index (χ1n) is 12.0. The summed E-state index contributed by atoms with van der Waals surface area (Å²) in [7, 11) is 1.20. The molecular formula is C29H27NO9. The molecule has 0 aliphatic heterocycles. The topological polar surface area (TPSA) is 159 Å². The van der Waals surface area contributed by atoms with Crippen molar-refractivity contribution in [2.45, 2.75) is 32.2 Å². The fraction of sp³-hybridized carbons (Fsp3) is 0.207. The zero-order chi connectivity index (χ0) is 28.3. The van der Waals surface area contributed by atoms with Crippen molar-refractivity contribution in [2.24, 2.45) is 0 Å². The van der Waals surface area contributed by atoms with Crippen LogP contribution >= 0.6 is 0 Å². The van der Waals surface area contributed by atoms with E-state index in [1.165, 1.54) is 42.0 Å². The number of phenols is 2. The van der Waals surface area contributed by atoms with E-state index in [1.54, 1.807) is 37.3 Å². The molecule has 4 N–H and O–H groups in total. The van der Waals surface area contributed by atoms with Gasteiger partial charge in [0.1, 0.15) is 17.3 Å². The number of esters is 1. The number of carbonyl (C=O) groups excluding carboxylic acids is 1. The molecule has 0 radical (unpaired) electrons. The van der Waals surface area contributed by atoms with Gasteiger partial charge in [0.05, 0.1) is 30.6 Å². The number of aromatic carboxylic acids is 1. The number of carboxylic acid groups (broad SMARTS) is 1. The quantitative estimate of drug-likeness (QED) is 0.183. The number of aromatic hydroxyl groups is 3. The Morgan fingerprint density at radius 1 is 0.974 bits per heavy atom. The largest absolute Gasteiger partial charge is 0.507 e. The molecule has 0 saturated heterocycles. The number of hydrogen-bond acceptors (Lipinski definition) is 8. The molecule has 0 amide bonds. The van der Waals surface area contributed by atoms with Gasteiger partial charge in [-0.05, 0) is 55.3 Å². The van der Waals surface area contributed by atoms with Crippen LogP contribution in [-0.4, -0.2) is 44.0 Å². The lowest BCUT2D eigenvalue weighted by atomic mass is 9.93. The van der Waals surface area contributed by atoms with Gasteiger partial charge in [-0.25, -0.2) is 4.79 Å². The van der Waals surface area contributed by atoms with Gasteiger partial charge in [-0.3, -0.25) is 9.59 Å². The molecule has 4 rings (SSSR count). The van der Waals surface area contributed by atoms with Gasteiger partial charge in [0, 0.05) is 17.8 Å². The Morgan fingerprint density at radius 2 is 1.72 bits per heavy atom. The fourth-order valence-electron chi connectivity index (χ4n) is 4.50. The van der Waals surface area contributed by atoms with E-state index < -0.39 is 23.4 Å². The third-order valence-corrected chi connectivity index (χ3v) is 6.53. The number of hydrogen-bond donors (Lipinski definition) is 4. The van der Waals surface area contributed by atoms with Crippen molar-refractivity contribution in [3.05, 3.63) is 99.2 Å². The van der Waals surface area contributed by atoms with Crippen LogP contribution < -0.4 is 5.56 Å². The molecule has 2 heterocycles. The summed E-state index contributed by atoms with van der Waals surface area (Å²) in [5, 5.41) is 39.8. The van der Waals surface area contributed by atoms with Crippen LogP contribution in [0.15, 0.2) is 69.9 Å². The third kappa shape index (κ3) is 5.64. The maximum absolute atomic E-state index is 13.7. The van der Waals surface area contributed by atoms with Gasteiger partial charge in [-0.1, -0.05) is 24.3 Å². The highest BCUT2D eigenvalue weighted by atomic mass is 16.5. The maximum Gasteiger partial charge on any atom is 0.336 e. The summed E-state index contributed by atoms with van der Waals surface area (Å²) in [5.74, 6) is -3.29. The first kappa shape index (κ1) is 27.1. The minimum Gasteiger partial charge on any atom is -0.507 e. The van der Waals surface area contributed by atoms with Crippen LogP contribution in [-0.2, 0) is 22.5 Å². The Morgan fingerprint density at radius 3 is 2.41 bits per heavy atom. The molecule has 1 atom stereocenters. The van der Waals surface area contributed by atoms with Gasteiger partial charge >= 0.3 is 11.9 Å². The monoisotopic (exact) mass is 533 g/mol. The summed E-state index contributed by atoms with van der Waals surface area (Å²) in [4.78, 5) is 37.8. The van der Waals surface area contributed by atoms with Gasteiger partial charge in [0.15, 0.2) is 11.5 Å². The van der Waals surface area contributed by atoms with E-state index in [0.29, 0.717) is 23.2 Å². The van der Waals surface area contributed by atoms with Crippen molar-refractivity contribution in [3.63, 3.8) is 0 Å². The zero-order valence-corrected chi connectivity index (χ0v) is 21.2. The van der Waals surface area contributed by atoms with Gasteiger partial charge in [0.2, 0.25) is 0 Å². The number of benzene rings is 2. The maximum atomic E-state index is 13.7. The van der Waals surface area contributed by atoms with Gasteiger partial charge < -0.3 is 34.1 Å². The van der Waals surface area contributed by atoms with Crippen molar-refractivity contribution in [3.8, 4) is 28.6 Å². The summed E-state index contributed by atoms with van der Waals surface area (Å²) >= 11 is 0. The Hall–Kier alpha value is -4.99. The van der Waals surface area contributed by atoms with E-state index in [4.69, 9.17) is 9.15 Å². The number of carboxylic acids is 1. The number of aryl methyl sites for hydroxylation is 2. The first-order valence-corrected chi connectivity index (χ1v) is 12.0. The van der Waals surface area contributed by atoms with E-state index in [-0.39, 0.29) is 52.9 Å². The van der Waals surface area contributed by atoms with Crippen LogP contribution in [0.5, 0.6) is 17.2 Å². The average molecular weight is 534 g/mol. The number of phenolic OH excluding ortho intramolecular Hbond substituents is 2. The predicted octanol–water partition coefficient (Wildman–Crippen LogP) is 4.17. The van der Waals surface area contributed by atoms with Crippen LogP contribution in [0.25, 0.3) is 11.3 Å². The molecule has 0 saturated carbocycles. The summed E-state index contributed by atoms with van der Waals surface area (Å²) in [6, 6.07) is 15.1. The Bertz CT molecular complexity index is 1600. The van der Waals surface area contributed by atoms with Gasteiger partial charge in [0.25, 0.3) is 5.56 Å². The van der Waals surface area contributed by atoms with Crippen molar-refractivity contribution in [1.82, 2.24) is 4.57 Å². The standard InChI is InChI=1S/C29H27NO9/c1-16-13-23(33)27(28(35)30(16)12-11-17-7-8-21(31)22(32)14-17)20(15-26(34)38-2)25-10-9-24(39-25)18-5-3-4-6-19(18)29(36)37/h3-10,13-14,20,31-33H,11-12,15H2,1-2H3,(H,36,37)/t20-/m1/s1. The lowest BCUT2D eigenvalue weighted by Gasteiger charge is -2.19. The summed E-state index contributed by atoms with van der Waals surface area (Å²) in [5.41, 5.74) is 0.849. The molecule has 10 nitrogen and oxygen atoms in total. The van der Waals surface area contributed by atoms with Crippen molar-refractivity contribution in [1.29, 1.82) is 0 Å². The Kier molecular flexibility index (Phi) is 7.75. The SMILES string of the molecule is COC(=O)C[C@H](c1ccc(-c2ccccc2C(=O)O)o1)c1c(O)cc(C)n(CCc2ccc(O)c(O)c2)c1=O. The second kappa shape index (κ2) is 11.2. The van der Waals surface area contributed by atoms with E-state index in [9.17, 15) is 34.8 Å². The number of nitrogens with zero attached hydrogens (tertiary/aromatic N) is 1. The fourth-order valence-corrected chi connectivity index (χ4v) is 4.50. The number of aromatic nitrogens is 1. The molecule has 0 bridgehead atoms. The average Bonchev–Trinajstić information content (AvgIpc) is 3.39. The molecule has 2 aromatic heterocycles. The molecule has 0 aliphatic rings. The van der Waals surface area contributed by atoms with Gasteiger partial charge in [-0.15, -0.1) is 0 Å². The highest BCUT2D eigenvalue weighted by molar-refractivity contribution is 5.95. The van der Waals surface area contributed by atoms with Crippen LogP contribution in [0.3, 0.4) is 0 Å². The minimum absolute atomic E-state index is 0.0173. The normalized spacial score (nSPS) is 11.7. The highest BCUT2D eigenvalue weighted by Gasteiger charge is 2.29. The molecule has 0 fully saturated rings. The number of methoxy groups -OCH3 is 1. The van der Waals surface area contributed by atoms with Crippen LogP contribution in [0, 0.1) is 6.92 Å². The van der Waals surface area contributed by atoms with Crippen molar-refractivity contribution >= 4 is 11.9 Å². The molecular weight excluding hydrogens is 506 g/mol. The summed E-state index contributed by atoms with van der Waals surface area (Å²) < 4.78 is 12.2. The van der Waals surface area contributed by atoms with Crippen LogP contribution in [0.4, 0.5) is 0 Å². The zero-order valence-electron chi connectivity index (χ0n) is 21.2. The second-order valence-electron chi connectivity index (χ2n) is 9.00. The lowest BCUT2D eigenvalue weighted by Crippen LogP contribution is -2.29. The number of ether oxygens (including phenoxy) is 1. The molecule has 202 valence electrons. The molecule has 0 spiro atoms. The van der Waals surface area contributed by atoms with Crippen molar-refractivity contribution in [2.75, 3.05) is 7.11 Å².